The van der Waals surface area contributed by atoms with Gasteiger partial charge in [0.05, 0.1) is 5.56 Å². The lowest BCUT2D eigenvalue weighted by molar-refractivity contribution is -0.137. The summed E-state index contributed by atoms with van der Waals surface area (Å²) in [7, 11) is 0. The maximum atomic E-state index is 13.0. The third-order valence-corrected chi connectivity index (χ3v) is 6.73. The molecule has 5 rings (SSSR count). The number of hydrogen-bond acceptors (Lipinski definition) is 6. The molecule has 0 unspecified atom stereocenters. The number of carbonyl (C=O) groups excluding carboxylic acids is 1. The number of carboxylic acid groups (broad SMARTS) is 1. The molecule has 1 fully saturated rings. The SMILES string of the molecule is Nc1nccn2c([C@H]3CCC[C@@H](NC(=O)O)C3)nc(-c3ccc(C(=O)Nc4cc(C(F)(F)F)ccn4)cc3)c12. The van der Waals surface area contributed by atoms with Crippen molar-refractivity contribution in [3.8, 4) is 11.3 Å². The number of imidazole rings is 1. The van der Waals surface area contributed by atoms with Crippen molar-refractivity contribution in [3.05, 3.63) is 71.9 Å². The van der Waals surface area contributed by atoms with Gasteiger partial charge in [0.2, 0.25) is 0 Å². The molecule has 0 spiro atoms. The first kappa shape index (κ1) is 25.9. The molecule has 0 bridgehead atoms. The Morgan fingerprint density at radius 1 is 1.08 bits per heavy atom. The van der Waals surface area contributed by atoms with Crippen LogP contribution in [0.1, 0.15) is 53.3 Å². The monoisotopic (exact) mass is 539 g/mol. The highest BCUT2D eigenvalue weighted by atomic mass is 19.4. The van der Waals surface area contributed by atoms with Crippen molar-refractivity contribution in [1.82, 2.24) is 24.7 Å². The van der Waals surface area contributed by atoms with Crippen LogP contribution in [0.2, 0.25) is 0 Å². The molecule has 1 aromatic carbocycles. The van der Waals surface area contributed by atoms with Crippen LogP contribution in [0.4, 0.5) is 29.6 Å². The van der Waals surface area contributed by atoms with E-state index in [0.717, 1.165) is 43.4 Å². The van der Waals surface area contributed by atoms with Gasteiger partial charge in [0.1, 0.15) is 28.7 Å². The average molecular weight is 540 g/mol. The summed E-state index contributed by atoms with van der Waals surface area (Å²) < 4.78 is 40.8. The first-order valence-electron chi connectivity index (χ1n) is 12.2. The van der Waals surface area contributed by atoms with Gasteiger partial charge >= 0.3 is 12.3 Å². The Kier molecular flexibility index (Phi) is 6.81. The van der Waals surface area contributed by atoms with Crippen LogP contribution < -0.4 is 16.4 Å². The lowest BCUT2D eigenvalue weighted by Gasteiger charge is -2.28. The number of rotatable bonds is 5. The Morgan fingerprint density at radius 2 is 1.85 bits per heavy atom. The molecule has 0 aliphatic heterocycles. The number of nitrogens with zero attached hydrogens (tertiary/aromatic N) is 4. The Bertz CT molecular complexity index is 1540. The highest BCUT2D eigenvalue weighted by Gasteiger charge is 2.31. The number of nitrogen functional groups attached to an aromatic ring is 1. The quantitative estimate of drug-likeness (QED) is 0.281. The first-order chi connectivity index (χ1) is 18.6. The van der Waals surface area contributed by atoms with Crippen LogP contribution in [0.3, 0.4) is 0 Å². The number of anilines is 2. The Balaban J connectivity index is 1.42. The Labute approximate surface area is 220 Å². The number of pyridine rings is 1. The summed E-state index contributed by atoms with van der Waals surface area (Å²) in [4.78, 5) is 36.7. The second-order valence-corrected chi connectivity index (χ2v) is 9.32. The smallest absolute Gasteiger partial charge is 0.416 e. The normalized spacial score (nSPS) is 17.6. The van der Waals surface area contributed by atoms with Crippen LogP contribution >= 0.6 is 0 Å². The molecule has 13 heteroatoms. The van der Waals surface area contributed by atoms with Crippen molar-refractivity contribution in [3.63, 3.8) is 0 Å². The molecule has 3 aromatic heterocycles. The maximum Gasteiger partial charge on any atom is 0.416 e. The third kappa shape index (κ3) is 5.47. The fraction of sp³-hybridized carbons (Fsp3) is 0.269. The zero-order chi connectivity index (χ0) is 27.7. The van der Waals surface area contributed by atoms with E-state index in [1.165, 1.54) is 12.1 Å². The summed E-state index contributed by atoms with van der Waals surface area (Å²) in [6, 6.07) is 7.81. The van der Waals surface area contributed by atoms with Gasteiger partial charge in [0.15, 0.2) is 0 Å². The van der Waals surface area contributed by atoms with E-state index >= 15 is 0 Å². The number of nitrogens with one attached hydrogen (secondary N) is 2. The van der Waals surface area contributed by atoms with E-state index in [1.54, 1.807) is 24.5 Å². The maximum absolute atomic E-state index is 13.0. The molecule has 2 atom stereocenters. The second kappa shape index (κ2) is 10.2. The van der Waals surface area contributed by atoms with E-state index in [9.17, 15) is 22.8 Å². The summed E-state index contributed by atoms with van der Waals surface area (Å²) in [6.45, 7) is 0. The van der Waals surface area contributed by atoms with Crippen LogP contribution in [0, 0.1) is 0 Å². The van der Waals surface area contributed by atoms with Gasteiger partial charge in [-0.1, -0.05) is 18.6 Å². The molecule has 4 aromatic rings. The van der Waals surface area contributed by atoms with Gasteiger partial charge in [-0.15, -0.1) is 0 Å². The minimum atomic E-state index is -4.56. The molecule has 1 saturated carbocycles. The van der Waals surface area contributed by atoms with E-state index in [-0.39, 0.29) is 29.2 Å². The third-order valence-electron chi connectivity index (χ3n) is 6.73. The Hall–Kier alpha value is -4.68. The largest absolute Gasteiger partial charge is 0.465 e. The first-order valence-corrected chi connectivity index (χ1v) is 12.2. The topological polar surface area (TPSA) is 148 Å². The van der Waals surface area contributed by atoms with Gasteiger partial charge < -0.3 is 21.5 Å². The average Bonchev–Trinajstić information content (AvgIpc) is 3.29. The van der Waals surface area contributed by atoms with Crippen LogP contribution in [0.25, 0.3) is 16.8 Å². The van der Waals surface area contributed by atoms with Gasteiger partial charge in [-0.2, -0.15) is 13.2 Å². The van der Waals surface area contributed by atoms with Gasteiger partial charge in [0, 0.05) is 41.7 Å². The van der Waals surface area contributed by atoms with Crippen LogP contribution in [0.5, 0.6) is 0 Å². The molecule has 2 amide bonds. The number of amides is 2. The zero-order valence-electron chi connectivity index (χ0n) is 20.4. The van der Waals surface area contributed by atoms with Crippen molar-refractivity contribution in [1.29, 1.82) is 0 Å². The lowest BCUT2D eigenvalue weighted by Crippen LogP contribution is -2.37. The standard InChI is InChI=1S/C26H24F3N7O3/c27-26(28,29)17-8-9-31-19(13-17)34-24(37)15-6-4-14(5-7-15)20-21-22(30)32-10-11-36(21)23(35-20)16-2-1-3-18(12-16)33-25(38)39/h4-11,13,16,18,33H,1-3,12H2,(H2,30,32)(H,38,39)(H,31,34,37)/t16-,18+/m0/s1. The molecule has 10 nitrogen and oxygen atoms in total. The number of halogens is 3. The molecule has 0 radical (unpaired) electrons. The lowest BCUT2D eigenvalue weighted by atomic mass is 9.85. The van der Waals surface area contributed by atoms with Gasteiger partial charge in [0.25, 0.3) is 5.91 Å². The predicted molar refractivity (Wildman–Crippen MR) is 136 cm³/mol. The summed E-state index contributed by atoms with van der Waals surface area (Å²) in [5, 5.41) is 14.1. The van der Waals surface area contributed by atoms with Crippen molar-refractivity contribution < 1.29 is 27.9 Å². The molecule has 0 saturated heterocycles. The summed E-state index contributed by atoms with van der Waals surface area (Å²) in [5.74, 6) is 0.154. The molecule has 5 N–H and O–H groups in total. The number of hydrogen-bond donors (Lipinski definition) is 4. The fourth-order valence-corrected chi connectivity index (χ4v) is 4.95. The minimum absolute atomic E-state index is 0.0105. The van der Waals surface area contributed by atoms with Crippen molar-refractivity contribution in [2.24, 2.45) is 0 Å². The van der Waals surface area contributed by atoms with Crippen LogP contribution in [-0.2, 0) is 6.18 Å². The number of fused-ring (bicyclic) bond motifs is 1. The molecule has 1 aliphatic rings. The van der Waals surface area contributed by atoms with E-state index in [1.807, 2.05) is 4.40 Å². The molecular formula is C26H24F3N7O3. The highest BCUT2D eigenvalue weighted by Crippen LogP contribution is 2.37. The second-order valence-electron chi connectivity index (χ2n) is 9.32. The number of alkyl halides is 3. The zero-order valence-corrected chi connectivity index (χ0v) is 20.4. The van der Waals surface area contributed by atoms with Crippen LogP contribution in [0.15, 0.2) is 55.0 Å². The van der Waals surface area contributed by atoms with Crippen molar-refractivity contribution in [2.75, 3.05) is 11.1 Å². The molecule has 1 aliphatic carbocycles. The van der Waals surface area contributed by atoms with Crippen LogP contribution in [-0.4, -0.2) is 42.5 Å². The summed E-state index contributed by atoms with van der Waals surface area (Å²) >= 11 is 0. The summed E-state index contributed by atoms with van der Waals surface area (Å²) in [5.41, 5.74) is 7.31. The van der Waals surface area contributed by atoms with Gasteiger partial charge in [-0.05, 0) is 43.5 Å². The van der Waals surface area contributed by atoms with E-state index in [0.29, 0.717) is 23.2 Å². The number of nitrogens with two attached hydrogens (primary N) is 1. The van der Waals surface area contributed by atoms with Gasteiger partial charge in [-0.3, -0.25) is 9.20 Å². The molecule has 3 heterocycles. The highest BCUT2D eigenvalue weighted by molar-refractivity contribution is 6.04. The predicted octanol–water partition coefficient (Wildman–Crippen LogP) is 4.94. The molecule has 202 valence electrons. The minimum Gasteiger partial charge on any atom is -0.465 e. The number of aromatic nitrogens is 4. The van der Waals surface area contributed by atoms with E-state index in [4.69, 9.17) is 15.8 Å². The number of benzene rings is 1. The summed E-state index contributed by atoms with van der Waals surface area (Å²) in [6.07, 6.45) is 1.71. The van der Waals surface area contributed by atoms with Crippen molar-refractivity contribution >= 4 is 29.2 Å². The van der Waals surface area contributed by atoms with Crippen molar-refractivity contribution in [2.45, 2.75) is 43.8 Å². The van der Waals surface area contributed by atoms with Gasteiger partial charge in [-0.25, -0.2) is 19.7 Å². The molecule has 39 heavy (non-hydrogen) atoms. The van der Waals surface area contributed by atoms with E-state index < -0.39 is 23.7 Å². The van der Waals surface area contributed by atoms with E-state index in [2.05, 4.69) is 20.6 Å². The molecular weight excluding hydrogens is 515 g/mol. The fourth-order valence-electron chi connectivity index (χ4n) is 4.95. The Morgan fingerprint density at radius 3 is 2.56 bits per heavy atom. The number of carbonyl (C=O) groups is 2.